The molecule has 30 heavy (non-hydrogen) atoms. The van der Waals surface area contributed by atoms with Crippen molar-refractivity contribution in [2.45, 2.75) is 19.0 Å². The largest absolute Gasteiger partial charge is 0.417 e. The van der Waals surface area contributed by atoms with Crippen molar-refractivity contribution in [1.82, 2.24) is 14.5 Å². The van der Waals surface area contributed by atoms with E-state index in [1.807, 2.05) is 42.5 Å². The Morgan fingerprint density at radius 3 is 2.73 bits per heavy atom. The van der Waals surface area contributed by atoms with Gasteiger partial charge in [-0.2, -0.15) is 0 Å². The second kappa shape index (κ2) is 6.88. The van der Waals surface area contributed by atoms with Gasteiger partial charge in [-0.25, -0.2) is 4.79 Å². The van der Waals surface area contributed by atoms with Gasteiger partial charge in [-0.15, -0.1) is 0 Å². The summed E-state index contributed by atoms with van der Waals surface area (Å²) in [4.78, 5) is 41.6. The van der Waals surface area contributed by atoms with Crippen molar-refractivity contribution in [3.05, 3.63) is 104 Å². The smallest absolute Gasteiger partial charge is 0.408 e. The van der Waals surface area contributed by atoms with Gasteiger partial charge in [0.2, 0.25) is 0 Å². The maximum Gasteiger partial charge on any atom is 0.417 e. The van der Waals surface area contributed by atoms with E-state index in [0.29, 0.717) is 35.2 Å². The lowest BCUT2D eigenvalue weighted by Gasteiger charge is -2.25. The predicted molar refractivity (Wildman–Crippen MR) is 111 cm³/mol. The third-order valence-electron chi connectivity index (χ3n) is 5.64. The Kier molecular flexibility index (Phi) is 4.17. The number of H-pyrrole nitrogens is 1. The number of carbonyl (C=O) groups excluding carboxylic acids is 1. The van der Waals surface area contributed by atoms with Gasteiger partial charge in [0, 0.05) is 37.3 Å². The van der Waals surface area contributed by atoms with Gasteiger partial charge in [0.1, 0.15) is 0 Å². The molecule has 5 rings (SSSR count). The van der Waals surface area contributed by atoms with E-state index >= 15 is 0 Å². The van der Waals surface area contributed by atoms with Crippen LogP contribution in [-0.4, -0.2) is 20.4 Å². The standard InChI is InChI=1S/C23H19N3O4/c1-25-10-4-5-15(21(25)27)12-19-16-6-2-3-7-17(16)22(28)26(19)13-14-8-9-18-20(11-14)30-23(29)24-18/h2-11,19H,12-13H2,1H3,(H,24,29). The molecule has 0 spiro atoms. The molecule has 1 unspecified atom stereocenters. The number of aromatic nitrogens is 2. The number of nitrogens with one attached hydrogen (secondary N) is 1. The van der Waals surface area contributed by atoms with Crippen LogP contribution in [0, 0.1) is 0 Å². The number of amides is 1. The molecule has 2 aromatic carbocycles. The van der Waals surface area contributed by atoms with Crippen LogP contribution < -0.4 is 11.3 Å². The molecule has 0 bridgehead atoms. The van der Waals surface area contributed by atoms with Gasteiger partial charge < -0.3 is 13.9 Å². The minimum atomic E-state index is -0.510. The molecular weight excluding hydrogens is 382 g/mol. The Morgan fingerprint density at radius 1 is 1.03 bits per heavy atom. The molecule has 2 aromatic heterocycles. The van der Waals surface area contributed by atoms with E-state index in [9.17, 15) is 14.4 Å². The average Bonchev–Trinajstić information content (AvgIpc) is 3.23. The molecule has 0 aliphatic carbocycles. The minimum absolute atomic E-state index is 0.0650. The summed E-state index contributed by atoms with van der Waals surface area (Å²) in [6, 6.07) is 16.3. The molecule has 0 saturated carbocycles. The van der Waals surface area contributed by atoms with Crippen LogP contribution in [0.15, 0.2) is 74.8 Å². The fourth-order valence-electron chi connectivity index (χ4n) is 4.15. The topological polar surface area (TPSA) is 88.3 Å². The summed E-state index contributed by atoms with van der Waals surface area (Å²) < 4.78 is 6.70. The number of pyridine rings is 1. The fourth-order valence-corrected chi connectivity index (χ4v) is 4.15. The molecule has 1 N–H and O–H groups in total. The summed E-state index contributed by atoms with van der Waals surface area (Å²) >= 11 is 0. The third kappa shape index (κ3) is 2.95. The van der Waals surface area contributed by atoms with Gasteiger partial charge in [-0.05, 0) is 35.4 Å². The number of oxazole rings is 1. The van der Waals surface area contributed by atoms with Crippen molar-refractivity contribution >= 4 is 17.0 Å². The first kappa shape index (κ1) is 18.2. The van der Waals surface area contributed by atoms with Crippen LogP contribution >= 0.6 is 0 Å². The van der Waals surface area contributed by atoms with Crippen molar-refractivity contribution in [3.8, 4) is 0 Å². The van der Waals surface area contributed by atoms with Crippen LogP contribution in [0.2, 0.25) is 0 Å². The Balaban J connectivity index is 1.54. The van der Waals surface area contributed by atoms with Crippen LogP contribution in [0.4, 0.5) is 0 Å². The van der Waals surface area contributed by atoms with Crippen molar-refractivity contribution in [2.24, 2.45) is 7.05 Å². The van der Waals surface area contributed by atoms with Gasteiger partial charge in [0.15, 0.2) is 5.58 Å². The highest BCUT2D eigenvalue weighted by Crippen LogP contribution is 2.36. The minimum Gasteiger partial charge on any atom is -0.408 e. The van der Waals surface area contributed by atoms with E-state index in [4.69, 9.17) is 4.42 Å². The van der Waals surface area contributed by atoms with E-state index in [2.05, 4.69) is 4.98 Å². The van der Waals surface area contributed by atoms with Gasteiger partial charge >= 0.3 is 5.76 Å². The second-order valence-electron chi connectivity index (χ2n) is 7.53. The molecule has 0 saturated heterocycles. The molecule has 7 nitrogen and oxygen atoms in total. The lowest BCUT2D eigenvalue weighted by molar-refractivity contribution is 0.0709. The van der Waals surface area contributed by atoms with E-state index in [1.165, 1.54) is 0 Å². The van der Waals surface area contributed by atoms with E-state index in [1.54, 1.807) is 34.8 Å². The number of hydrogen-bond donors (Lipinski definition) is 1. The van der Waals surface area contributed by atoms with Crippen LogP contribution in [-0.2, 0) is 20.0 Å². The molecule has 1 aliphatic rings. The lowest BCUT2D eigenvalue weighted by atomic mass is 9.98. The molecule has 4 aromatic rings. The quantitative estimate of drug-likeness (QED) is 0.570. The van der Waals surface area contributed by atoms with Crippen LogP contribution in [0.25, 0.3) is 11.1 Å². The van der Waals surface area contributed by atoms with E-state index in [0.717, 1.165) is 11.1 Å². The number of aromatic amines is 1. The fraction of sp³-hybridized carbons (Fsp3) is 0.174. The maximum absolute atomic E-state index is 13.2. The number of fused-ring (bicyclic) bond motifs is 2. The van der Waals surface area contributed by atoms with Gasteiger partial charge in [-0.3, -0.25) is 14.6 Å². The Labute approximate surface area is 171 Å². The number of nitrogens with zero attached hydrogens (tertiary/aromatic N) is 2. The molecule has 1 aliphatic heterocycles. The summed E-state index contributed by atoms with van der Waals surface area (Å²) in [5.74, 6) is -0.580. The second-order valence-corrected chi connectivity index (χ2v) is 7.53. The summed E-state index contributed by atoms with van der Waals surface area (Å²) in [6.07, 6.45) is 2.15. The molecule has 3 heterocycles. The number of hydrogen-bond acceptors (Lipinski definition) is 4. The van der Waals surface area contributed by atoms with Crippen LogP contribution in [0.5, 0.6) is 0 Å². The molecule has 7 heteroatoms. The summed E-state index contributed by atoms with van der Waals surface area (Å²) in [7, 11) is 1.72. The van der Waals surface area contributed by atoms with Crippen LogP contribution in [0.3, 0.4) is 0 Å². The summed E-state index contributed by atoms with van der Waals surface area (Å²) in [6.45, 7) is 0.343. The van der Waals surface area contributed by atoms with E-state index < -0.39 is 5.76 Å². The monoisotopic (exact) mass is 401 g/mol. The number of carbonyl (C=O) groups is 1. The Morgan fingerprint density at radius 2 is 1.87 bits per heavy atom. The first-order chi connectivity index (χ1) is 14.5. The summed E-state index contributed by atoms with van der Waals surface area (Å²) in [5, 5.41) is 0. The van der Waals surface area contributed by atoms with Crippen molar-refractivity contribution in [2.75, 3.05) is 0 Å². The number of benzene rings is 2. The van der Waals surface area contributed by atoms with Gasteiger partial charge in [0.05, 0.1) is 11.6 Å². The van der Waals surface area contributed by atoms with E-state index in [-0.39, 0.29) is 17.5 Å². The predicted octanol–water partition coefficient (Wildman–Crippen LogP) is 2.76. The molecule has 1 amide bonds. The summed E-state index contributed by atoms with van der Waals surface area (Å²) in [5.41, 5.74) is 4.08. The third-order valence-corrected chi connectivity index (χ3v) is 5.64. The highest BCUT2D eigenvalue weighted by Gasteiger charge is 2.36. The normalized spacial score (nSPS) is 15.7. The molecule has 0 fully saturated rings. The molecule has 150 valence electrons. The zero-order valence-corrected chi connectivity index (χ0v) is 16.3. The van der Waals surface area contributed by atoms with Crippen molar-refractivity contribution in [3.63, 3.8) is 0 Å². The van der Waals surface area contributed by atoms with Crippen molar-refractivity contribution in [1.29, 1.82) is 0 Å². The highest BCUT2D eigenvalue weighted by molar-refractivity contribution is 5.99. The first-order valence-corrected chi connectivity index (χ1v) is 9.67. The molecule has 1 atom stereocenters. The van der Waals surface area contributed by atoms with Crippen LogP contribution in [0.1, 0.15) is 33.1 Å². The lowest BCUT2D eigenvalue weighted by Crippen LogP contribution is -2.31. The van der Waals surface area contributed by atoms with Crippen molar-refractivity contribution < 1.29 is 9.21 Å². The Hall–Kier alpha value is -3.87. The number of aryl methyl sites for hydroxylation is 1. The molecular formula is C23H19N3O4. The Bertz CT molecular complexity index is 1400. The SMILES string of the molecule is Cn1cccc(CC2c3ccccc3C(=O)N2Cc2ccc3[nH]c(=O)oc3c2)c1=O. The zero-order chi connectivity index (χ0) is 20.8. The van der Waals surface area contributed by atoms with Gasteiger partial charge in [0.25, 0.3) is 11.5 Å². The molecule has 0 radical (unpaired) electrons. The van der Waals surface area contributed by atoms with Gasteiger partial charge in [-0.1, -0.05) is 30.3 Å². The maximum atomic E-state index is 13.2. The average molecular weight is 401 g/mol. The highest BCUT2D eigenvalue weighted by atomic mass is 16.4. The zero-order valence-electron chi connectivity index (χ0n) is 16.3. The first-order valence-electron chi connectivity index (χ1n) is 9.67. The number of rotatable bonds is 4.